The summed E-state index contributed by atoms with van der Waals surface area (Å²) < 4.78 is 44.4. The molecule has 0 unspecified atom stereocenters. The highest BCUT2D eigenvalue weighted by molar-refractivity contribution is 7.46. The van der Waals surface area contributed by atoms with Crippen LogP contribution in [0, 0.1) is 0 Å². The number of phosphoric acid groups is 5. The number of nitrogens with one attached hydrogen (secondary N) is 1. The van der Waals surface area contributed by atoms with E-state index in [-0.39, 0.29) is 5.95 Å². The second-order valence-corrected chi connectivity index (χ2v) is 8.49. The number of aromatic nitrogens is 4. The molecular formula is CH18N5O20P5. The summed E-state index contributed by atoms with van der Waals surface area (Å²) in [6.07, 6.45) is 0. The van der Waals surface area contributed by atoms with Crippen molar-refractivity contribution in [2.75, 3.05) is 5.73 Å². The van der Waals surface area contributed by atoms with Crippen molar-refractivity contribution in [2.45, 2.75) is 0 Å². The van der Waals surface area contributed by atoms with Crippen LogP contribution in [0.3, 0.4) is 0 Å². The third-order valence-electron chi connectivity index (χ3n) is 0.362. The van der Waals surface area contributed by atoms with Crippen LogP contribution in [0.2, 0.25) is 0 Å². The van der Waals surface area contributed by atoms with Crippen LogP contribution < -0.4 is 5.73 Å². The van der Waals surface area contributed by atoms with E-state index >= 15 is 0 Å². The van der Waals surface area contributed by atoms with Crippen molar-refractivity contribution in [3.8, 4) is 0 Å². The fraction of sp³-hybridized carbons (Fsp3) is 0. The molecule has 192 valence electrons. The molecule has 0 spiro atoms. The number of anilines is 1. The van der Waals surface area contributed by atoms with Gasteiger partial charge in [-0.1, -0.05) is 5.10 Å². The molecule has 0 fully saturated rings. The summed E-state index contributed by atoms with van der Waals surface area (Å²) in [6.45, 7) is 0. The smallest absolute Gasteiger partial charge is 0.367 e. The fourth-order valence-electron chi connectivity index (χ4n) is 0.166. The molecule has 25 nitrogen and oxygen atoms in total. The molecule has 0 radical (unpaired) electrons. The average Bonchev–Trinajstić information content (AvgIpc) is 2.67. The van der Waals surface area contributed by atoms with Gasteiger partial charge in [-0.3, -0.25) is 0 Å². The molecule has 1 aromatic rings. The Balaban J connectivity index is -0.0000000875. The predicted molar refractivity (Wildman–Crippen MR) is 89.9 cm³/mol. The van der Waals surface area contributed by atoms with Gasteiger partial charge in [-0.25, -0.2) is 27.9 Å². The second-order valence-electron chi connectivity index (χ2n) is 3.35. The lowest BCUT2D eigenvalue weighted by molar-refractivity contribution is 0.272. The third kappa shape index (κ3) is 537. The molecule has 0 bridgehead atoms. The van der Waals surface area contributed by atoms with Gasteiger partial charge in [0.15, 0.2) is 0 Å². The number of hydrogen-bond donors (Lipinski definition) is 17. The summed E-state index contributed by atoms with van der Waals surface area (Å²) in [7, 11) is -23.2. The predicted octanol–water partition coefficient (Wildman–Crippen LogP) is -5.86. The summed E-state index contributed by atoms with van der Waals surface area (Å²) in [4.78, 5) is 108. The Morgan fingerprint density at radius 2 is 0.677 bits per heavy atom. The van der Waals surface area contributed by atoms with Crippen LogP contribution in [0.5, 0.6) is 0 Å². The molecule has 0 aliphatic carbocycles. The summed E-state index contributed by atoms with van der Waals surface area (Å²) in [5, 5.41) is 11.9. The lowest BCUT2D eigenvalue weighted by Gasteiger charge is -1.82. The SMILES string of the molecule is Nc1nnn[nH]1.O=P(O)(O)O.O=P(O)(O)O.O=P(O)(O)O.O=P(O)(O)O.O=P(O)(O)O. The minimum atomic E-state index is -4.64. The molecule has 1 aromatic heterocycles. The zero-order chi connectivity index (χ0) is 26.9. The van der Waals surface area contributed by atoms with Crippen molar-refractivity contribution in [2.24, 2.45) is 0 Å². The first-order valence-corrected chi connectivity index (χ1v) is 13.1. The van der Waals surface area contributed by atoms with Crippen molar-refractivity contribution in [1.82, 2.24) is 20.6 Å². The van der Waals surface area contributed by atoms with Gasteiger partial charge in [-0.2, -0.15) is 0 Å². The van der Waals surface area contributed by atoms with E-state index in [0.717, 1.165) is 0 Å². The van der Waals surface area contributed by atoms with E-state index in [1.54, 1.807) is 0 Å². The maximum Gasteiger partial charge on any atom is 0.466 e. The number of aromatic amines is 1. The van der Waals surface area contributed by atoms with Gasteiger partial charge in [0, 0.05) is 0 Å². The molecule has 0 atom stereocenters. The fourth-order valence-corrected chi connectivity index (χ4v) is 0.166. The number of nitrogen functional groups attached to an aromatic ring is 1. The first-order valence-electron chi connectivity index (χ1n) is 5.30. The van der Waals surface area contributed by atoms with Gasteiger partial charge in [0.2, 0.25) is 5.95 Å². The molecular weight excluding hydrogens is 557 g/mol. The maximum atomic E-state index is 8.88. The Labute approximate surface area is 168 Å². The van der Waals surface area contributed by atoms with Crippen molar-refractivity contribution in [3.63, 3.8) is 0 Å². The molecule has 31 heavy (non-hydrogen) atoms. The number of nitrogens with two attached hydrogens (primary N) is 1. The number of nitrogens with zero attached hydrogens (tertiary/aromatic N) is 3. The van der Waals surface area contributed by atoms with Crippen molar-refractivity contribution < 1.29 is 96.2 Å². The highest BCUT2D eigenvalue weighted by atomic mass is 31.2. The van der Waals surface area contributed by atoms with Gasteiger partial charge < -0.3 is 79.1 Å². The normalized spacial score (nSPS) is 11.2. The van der Waals surface area contributed by atoms with Gasteiger partial charge in [0.05, 0.1) is 0 Å². The van der Waals surface area contributed by atoms with Gasteiger partial charge >= 0.3 is 39.1 Å². The number of hydrogen-bond acceptors (Lipinski definition) is 9. The zero-order valence-corrected chi connectivity index (χ0v) is 18.4. The Morgan fingerprint density at radius 3 is 0.710 bits per heavy atom. The van der Waals surface area contributed by atoms with E-state index in [9.17, 15) is 0 Å². The Hall–Kier alpha value is -0.580. The van der Waals surface area contributed by atoms with Crippen LogP contribution in [0.25, 0.3) is 0 Å². The summed E-state index contributed by atoms with van der Waals surface area (Å²) in [5.74, 6) is 0.245. The Bertz CT molecular complexity index is 600. The minimum absolute atomic E-state index is 0.245. The molecule has 1 rings (SSSR count). The largest absolute Gasteiger partial charge is 0.466 e. The molecule has 0 amide bonds. The topological polar surface area (TPSA) is 469 Å². The van der Waals surface area contributed by atoms with E-state index in [0.29, 0.717) is 0 Å². The standard InChI is InChI=1S/CH3N5.5H3O4P/c2-1-3-5-6-4-1;5*1-5(2,3)4/h(H3,2,3,4,5,6);5*(H3,1,2,3,4). The molecule has 0 saturated heterocycles. The third-order valence-corrected chi connectivity index (χ3v) is 0.362. The van der Waals surface area contributed by atoms with Crippen molar-refractivity contribution in [1.29, 1.82) is 0 Å². The Morgan fingerprint density at radius 1 is 0.516 bits per heavy atom. The van der Waals surface area contributed by atoms with Gasteiger partial charge in [0.25, 0.3) is 0 Å². The summed E-state index contributed by atoms with van der Waals surface area (Å²) >= 11 is 0. The highest BCUT2D eigenvalue weighted by Gasteiger charge is 2.01. The first kappa shape index (κ1) is 40.7. The van der Waals surface area contributed by atoms with Crippen LogP contribution in [-0.4, -0.2) is 94.0 Å². The van der Waals surface area contributed by atoms with Crippen LogP contribution in [-0.2, 0) is 22.8 Å². The highest BCUT2D eigenvalue weighted by Crippen LogP contribution is 2.27. The zero-order valence-electron chi connectivity index (χ0n) is 13.9. The molecule has 1 heterocycles. The van der Waals surface area contributed by atoms with Crippen LogP contribution in [0.15, 0.2) is 0 Å². The molecule has 0 aliphatic rings. The van der Waals surface area contributed by atoms with Crippen molar-refractivity contribution >= 4 is 45.1 Å². The number of tetrazole rings is 1. The molecule has 0 aliphatic heterocycles. The van der Waals surface area contributed by atoms with Crippen molar-refractivity contribution in [3.05, 3.63) is 0 Å². The Kier molecular flexibility index (Phi) is 23.5. The lowest BCUT2D eigenvalue weighted by atomic mass is 11.2. The number of H-pyrrole nitrogens is 1. The van der Waals surface area contributed by atoms with Gasteiger partial charge in [0.1, 0.15) is 0 Å². The van der Waals surface area contributed by atoms with E-state index < -0.39 is 39.1 Å². The molecule has 30 heteroatoms. The molecule has 18 N–H and O–H groups in total. The second kappa shape index (κ2) is 17.9. The van der Waals surface area contributed by atoms with E-state index in [1.807, 2.05) is 0 Å². The van der Waals surface area contributed by atoms with E-state index in [2.05, 4.69) is 20.6 Å². The lowest BCUT2D eigenvalue weighted by Crippen LogP contribution is -1.84. The van der Waals surface area contributed by atoms with Gasteiger partial charge in [-0.15, -0.1) is 0 Å². The molecule has 0 aromatic carbocycles. The minimum Gasteiger partial charge on any atom is -0.367 e. The number of rotatable bonds is 0. The van der Waals surface area contributed by atoms with Crippen LogP contribution >= 0.6 is 39.1 Å². The summed E-state index contributed by atoms with van der Waals surface area (Å²) in [6, 6.07) is 0. The van der Waals surface area contributed by atoms with E-state index in [4.69, 9.17) is 102 Å². The van der Waals surface area contributed by atoms with Crippen LogP contribution in [0.4, 0.5) is 5.95 Å². The monoisotopic (exact) mass is 575 g/mol. The molecule has 0 saturated carbocycles. The van der Waals surface area contributed by atoms with E-state index in [1.165, 1.54) is 0 Å². The first-order chi connectivity index (χ1) is 12.9. The maximum absolute atomic E-state index is 8.88. The quantitative estimate of drug-likeness (QED) is 0.128. The summed E-state index contributed by atoms with van der Waals surface area (Å²) in [5.41, 5.74) is 4.99. The average molecular weight is 575 g/mol. The van der Waals surface area contributed by atoms with Gasteiger partial charge in [-0.05, 0) is 10.4 Å². The van der Waals surface area contributed by atoms with Crippen LogP contribution in [0.1, 0.15) is 0 Å².